The number of sulfone groups is 1. The van der Waals surface area contributed by atoms with Crippen LogP contribution in [0.1, 0.15) is 16.8 Å². The van der Waals surface area contributed by atoms with E-state index in [-0.39, 0.29) is 23.5 Å². The monoisotopic (exact) mass is 390 g/mol. The van der Waals surface area contributed by atoms with E-state index in [1.54, 1.807) is 17.0 Å². The van der Waals surface area contributed by atoms with Crippen LogP contribution in [0.5, 0.6) is 0 Å². The Labute approximate surface area is 150 Å². The second kappa shape index (κ2) is 7.59. The molecule has 0 bridgehead atoms. The van der Waals surface area contributed by atoms with E-state index in [0.29, 0.717) is 54.8 Å². The molecular formula is C16H20F2N2O3S2. The first-order valence-corrected chi connectivity index (χ1v) is 10.8. The molecule has 1 aromatic rings. The summed E-state index contributed by atoms with van der Waals surface area (Å²) in [5.74, 6) is -2.13. The molecule has 1 atom stereocenters. The lowest BCUT2D eigenvalue weighted by Gasteiger charge is -2.37. The first-order chi connectivity index (χ1) is 11.8. The van der Waals surface area contributed by atoms with Gasteiger partial charge in [0, 0.05) is 42.7 Å². The van der Waals surface area contributed by atoms with Crippen molar-refractivity contribution in [2.24, 2.45) is 0 Å². The van der Waals surface area contributed by atoms with Crippen LogP contribution in [0.4, 0.5) is 8.78 Å². The topological polar surface area (TPSA) is 57.7 Å². The van der Waals surface area contributed by atoms with Crippen LogP contribution in [0.25, 0.3) is 0 Å². The van der Waals surface area contributed by atoms with Gasteiger partial charge in [-0.15, -0.1) is 0 Å². The van der Waals surface area contributed by atoms with Gasteiger partial charge >= 0.3 is 0 Å². The maximum Gasteiger partial charge on any atom is 0.288 e. The summed E-state index contributed by atoms with van der Waals surface area (Å²) in [4.78, 5) is 16.8. The average molecular weight is 390 g/mol. The number of hydrogen-bond acceptors (Lipinski definition) is 5. The first kappa shape index (κ1) is 18.6. The quantitative estimate of drug-likeness (QED) is 0.736. The molecule has 0 aromatic heterocycles. The van der Waals surface area contributed by atoms with E-state index in [1.807, 2.05) is 0 Å². The van der Waals surface area contributed by atoms with Gasteiger partial charge in [-0.1, -0.05) is 11.8 Å². The molecule has 0 aliphatic carbocycles. The van der Waals surface area contributed by atoms with Crippen molar-refractivity contribution in [1.82, 2.24) is 9.80 Å². The maximum atomic E-state index is 12.5. The van der Waals surface area contributed by atoms with Crippen LogP contribution in [0.15, 0.2) is 29.2 Å². The number of thioether (sulfide) groups is 1. The molecule has 2 saturated heterocycles. The minimum absolute atomic E-state index is 0.0629. The summed E-state index contributed by atoms with van der Waals surface area (Å²) in [5.41, 5.74) is 0.482. The molecule has 1 amide bonds. The largest absolute Gasteiger partial charge is 0.336 e. The van der Waals surface area contributed by atoms with Crippen LogP contribution < -0.4 is 0 Å². The van der Waals surface area contributed by atoms with Crippen LogP contribution in [-0.4, -0.2) is 73.6 Å². The highest BCUT2D eigenvalue weighted by Gasteiger charge is 2.34. The highest BCUT2D eigenvalue weighted by atomic mass is 32.2. The van der Waals surface area contributed by atoms with Gasteiger partial charge in [0.15, 0.2) is 9.84 Å². The van der Waals surface area contributed by atoms with Crippen molar-refractivity contribution in [3.05, 3.63) is 29.8 Å². The number of alkyl halides is 2. The first-order valence-electron chi connectivity index (χ1n) is 8.13. The van der Waals surface area contributed by atoms with Gasteiger partial charge in [0.2, 0.25) is 0 Å². The third-order valence-electron chi connectivity index (χ3n) is 4.65. The van der Waals surface area contributed by atoms with Gasteiger partial charge in [-0.25, -0.2) is 8.42 Å². The number of carbonyl (C=O) groups is 1. The molecule has 0 N–H and O–H groups in total. The molecule has 2 heterocycles. The highest BCUT2D eigenvalue weighted by molar-refractivity contribution is 7.99. The predicted molar refractivity (Wildman–Crippen MR) is 92.8 cm³/mol. The molecular weight excluding hydrogens is 370 g/mol. The molecule has 0 spiro atoms. The number of benzene rings is 1. The SMILES string of the molecule is O=C(c1ccc(SC(F)F)cc1)N1CCN([C@H]2CCS(=O)(=O)C2)CC1. The van der Waals surface area contributed by atoms with Gasteiger partial charge in [0.25, 0.3) is 11.7 Å². The average Bonchev–Trinajstić information content (AvgIpc) is 2.94. The second-order valence-corrected chi connectivity index (χ2v) is 9.58. The molecule has 1 aromatic carbocycles. The van der Waals surface area contributed by atoms with Crippen molar-refractivity contribution in [1.29, 1.82) is 0 Å². The Morgan fingerprint density at radius 3 is 2.28 bits per heavy atom. The normalized spacial score (nSPS) is 24.0. The summed E-state index contributed by atoms with van der Waals surface area (Å²) < 4.78 is 47.8. The third-order valence-corrected chi connectivity index (χ3v) is 7.13. The van der Waals surface area contributed by atoms with Crippen molar-refractivity contribution in [2.45, 2.75) is 23.1 Å². The van der Waals surface area contributed by atoms with E-state index < -0.39 is 15.6 Å². The lowest BCUT2D eigenvalue weighted by molar-refractivity contribution is 0.0588. The fourth-order valence-electron chi connectivity index (χ4n) is 3.32. The molecule has 2 aliphatic heterocycles. The fourth-order valence-corrected chi connectivity index (χ4v) is 5.58. The Bertz CT molecular complexity index is 717. The number of piperazine rings is 1. The number of amides is 1. The molecule has 5 nitrogen and oxygen atoms in total. The van der Waals surface area contributed by atoms with E-state index in [4.69, 9.17) is 0 Å². The zero-order valence-corrected chi connectivity index (χ0v) is 15.2. The molecule has 138 valence electrons. The number of rotatable bonds is 4. The molecule has 0 radical (unpaired) electrons. The molecule has 25 heavy (non-hydrogen) atoms. The highest BCUT2D eigenvalue weighted by Crippen LogP contribution is 2.25. The van der Waals surface area contributed by atoms with Gasteiger partial charge in [0.1, 0.15) is 0 Å². The Balaban J connectivity index is 1.54. The van der Waals surface area contributed by atoms with Crippen molar-refractivity contribution >= 4 is 27.5 Å². The smallest absolute Gasteiger partial charge is 0.288 e. The number of halogens is 2. The van der Waals surface area contributed by atoms with Gasteiger partial charge in [-0.2, -0.15) is 8.78 Å². The van der Waals surface area contributed by atoms with Gasteiger partial charge in [0.05, 0.1) is 11.5 Å². The molecule has 9 heteroatoms. The van der Waals surface area contributed by atoms with Crippen molar-refractivity contribution in [3.63, 3.8) is 0 Å². The van der Waals surface area contributed by atoms with Crippen LogP contribution in [-0.2, 0) is 9.84 Å². The van der Waals surface area contributed by atoms with Crippen LogP contribution in [0.3, 0.4) is 0 Å². The third kappa shape index (κ3) is 4.71. The number of nitrogens with zero attached hydrogens (tertiary/aromatic N) is 2. The lowest BCUT2D eigenvalue weighted by atomic mass is 10.1. The standard InChI is InChI=1S/C16H20F2N2O3S2/c17-16(18)24-14-3-1-12(2-4-14)15(21)20-8-6-19(7-9-20)13-5-10-25(22,23)11-13/h1-4,13,16H,5-11H2/t13-/m0/s1. The Morgan fingerprint density at radius 1 is 1.12 bits per heavy atom. The Hall–Kier alpha value is -1.19. The van der Waals surface area contributed by atoms with Crippen molar-refractivity contribution in [2.75, 3.05) is 37.7 Å². The van der Waals surface area contributed by atoms with Crippen molar-refractivity contribution < 1.29 is 22.0 Å². The summed E-state index contributed by atoms with van der Waals surface area (Å²) in [6, 6.07) is 6.27. The molecule has 2 fully saturated rings. The van der Waals surface area contributed by atoms with Gasteiger partial charge in [-0.05, 0) is 30.7 Å². The van der Waals surface area contributed by atoms with Crippen molar-refractivity contribution in [3.8, 4) is 0 Å². The Kier molecular flexibility index (Phi) is 5.65. The summed E-state index contributed by atoms with van der Waals surface area (Å²) in [6.45, 7) is 2.41. The lowest BCUT2D eigenvalue weighted by Crippen LogP contribution is -2.52. The summed E-state index contributed by atoms with van der Waals surface area (Å²) >= 11 is 0.455. The van der Waals surface area contributed by atoms with E-state index in [2.05, 4.69) is 4.90 Å². The van der Waals surface area contributed by atoms with E-state index in [9.17, 15) is 22.0 Å². The number of hydrogen-bond donors (Lipinski definition) is 0. The maximum absolute atomic E-state index is 12.5. The molecule has 3 rings (SSSR count). The molecule has 0 saturated carbocycles. The zero-order valence-electron chi connectivity index (χ0n) is 13.6. The fraction of sp³-hybridized carbons (Fsp3) is 0.562. The van der Waals surface area contributed by atoms with E-state index in [1.165, 1.54) is 12.1 Å². The van der Waals surface area contributed by atoms with E-state index in [0.717, 1.165) is 0 Å². The molecule has 0 unspecified atom stereocenters. The number of carbonyl (C=O) groups excluding carboxylic acids is 1. The van der Waals surface area contributed by atoms with E-state index >= 15 is 0 Å². The van der Waals surface area contributed by atoms with Gasteiger partial charge < -0.3 is 4.90 Å². The van der Waals surface area contributed by atoms with Crippen LogP contribution in [0.2, 0.25) is 0 Å². The minimum atomic E-state index is -2.91. The Morgan fingerprint density at radius 2 is 1.76 bits per heavy atom. The second-order valence-electron chi connectivity index (χ2n) is 6.29. The summed E-state index contributed by atoms with van der Waals surface area (Å²) in [7, 11) is -2.91. The summed E-state index contributed by atoms with van der Waals surface area (Å²) in [5, 5.41) is 0. The van der Waals surface area contributed by atoms with Crippen LogP contribution >= 0.6 is 11.8 Å². The summed E-state index contributed by atoms with van der Waals surface area (Å²) in [6.07, 6.45) is 0.666. The zero-order chi connectivity index (χ0) is 18.0. The minimum Gasteiger partial charge on any atom is -0.336 e. The molecule has 2 aliphatic rings. The predicted octanol–water partition coefficient (Wildman–Crippen LogP) is 1.95. The van der Waals surface area contributed by atoms with Crippen LogP contribution in [0, 0.1) is 0 Å². The van der Waals surface area contributed by atoms with Gasteiger partial charge in [-0.3, -0.25) is 9.69 Å².